The average molecular weight is 459 g/mol. The van der Waals surface area contributed by atoms with Crippen molar-refractivity contribution in [1.29, 1.82) is 0 Å². The molecule has 1 unspecified atom stereocenters. The van der Waals surface area contributed by atoms with E-state index < -0.39 is 33.2 Å². The number of carbonyl (C=O) groups is 1. The van der Waals surface area contributed by atoms with Gasteiger partial charge in [-0.25, -0.2) is 13.2 Å². The van der Waals surface area contributed by atoms with E-state index in [0.717, 1.165) is 17.4 Å². The maximum atomic E-state index is 13.2. The van der Waals surface area contributed by atoms with E-state index in [1.165, 1.54) is 36.9 Å². The number of benzene rings is 2. The molecular formula is C22H26N4O5S. The van der Waals surface area contributed by atoms with Crippen LogP contribution in [0.5, 0.6) is 0 Å². The Labute approximate surface area is 185 Å². The molecule has 170 valence electrons. The molecule has 1 atom stereocenters. The molecule has 0 fully saturated rings. The first kappa shape index (κ1) is 23.4. The summed E-state index contributed by atoms with van der Waals surface area (Å²) >= 11 is 0. The lowest BCUT2D eigenvalue weighted by Crippen LogP contribution is -2.41. The van der Waals surface area contributed by atoms with E-state index in [-0.39, 0.29) is 10.3 Å². The van der Waals surface area contributed by atoms with Gasteiger partial charge in [-0.1, -0.05) is 43.7 Å². The molecule has 0 aliphatic rings. The summed E-state index contributed by atoms with van der Waals surface area (Å²) in [5.74, 6) is -0.465. The summed E-state index contributed by atoms with van der Waals surface area (Å²) in [6.07, 6.45) is 1.66. The van der Waals surface area contributed by atoms with Crippen LogP contribution >= 0.6 is 0 Å². The highest BCUT2D eigenvalue weighted by Crippen LogP contribution is 2.20. The maximum absolute atomic E-state index is 13.2. The Morgan fingerprint density at radius 3 is 2.38 bits per heavy atom. The van der Waals surface area contributed by atoms with Crippen LogP contribution in [0, 0.1) is 0 Å². The van der Waals surface area contributed by atoms with Crippen molar-refractivity contribution in [3.05, 3.63) is 74.9 Å². The van der Waals surface area contributed by atoms with Crippen LogP contribution in [0.1, 0.15) is 31.4 Å². The van der Waals surface area contributed by atoms with Crippen molar-refractivity contribution in [1.82, 2.24) is 19.2 Å². The zero-order valence-corrected chi connectivity index (χ0v) is 19.0. The minimum atomic E-state index is -4.17. The number of carbonyl (C=O) groups excluding carboxylic acids is 1. The fourth-order valence-electron chi connectivity index (χ4n) is 3.37. The molecule has 9 nitrogen and oxygen atoms in total. The number of sulfonamides is 1. The highest BCUT2D eigenvalue weighted by atomic mass is 32.2. The third kappa shape index (κ3) is 4.66. The molecule has 10 heteroatoms. The first-order valence-electron chi connectivity index (χ1n) is 10.2. The number of amides is 1. The van der Waals surface area contributed by atoms with Crippen LogP contribution in [0.15, 0.2) is 63.0 Å². The van der Waals surface area contributed by atoms with Crippen molar-refractivity contribution < 1.29 is 13.2 Å². The average Bonchev–Trinajstić information content (AvgIpc) is 2.80. The van der Waals surface area contributed by atoms with E-state index >= 15 is 0 Å². The molecule has 0 aliphatic carbocycles. The number of rotatable bonds is 8. The van der Waals surface area contributed by atoms with Crippen molar-refractivity contribution in [3.63, 3.8) is 0 Å². The van der Waals surface area contributed by atoms with Crippen molar-refractivity contribution in [2.75, 3.05) is 6.54 Å². The lowest BCUT2D eigenvalue weighted by molar-refractivity contribution is -0.122. The topological polar surface area (TPSA) is 119 Å². The smallest absolute Gasteiger partial charge is 0.330 e. The van der Waals surface area contributed by atoms with Gasteiger partial charge in [0.15, 0.2) is 0 Å². The van der Waals surface area contributed by atoms with Gasteiger partial charge in [-0.05, 0) is 30.2 Å². The molecule has 2 aromatic carbocycles. The number of hydrogen-bond donors (Lipinski definition) is 2. The predicted octanol–water partition coefficient (Wildman–Crippen LogP) is 1.17. The van der Waals surface area contributed by atoms with Gasteiger partial charge in [-0.2, -0.15) is 4.72 Å². The van der Waals surface area contributed by atoms with Gasteiger partial charge in [0, 0.05) is 20.6 Å². The Hall–Kier alpha value is -3.24. The molecule has 0 aliphatic heterocycles. The number of unbranched alkanes of at least 4 members (excludes halogenated alkanes) is 1. The normalized spacial score (nSPS) is 12.6. The Morgan fingerprint density at radius 1 is 1.03 bits per heavy atom. The Balaban J connectivity index is 2.03. The largest absolute Gasteiger partial charge is 0.354 e. The molecule has 0 bridgehead atoms. The van der Waals surface area contributed by atoms with Crippen LogP contribution in [0.4, 0.5) is 0 Å². The molecule has 1 heterocycles. The van der Waals surface area contributed by atoms with E-state index in [1.807, 2.05) is 6.92 Å². The van der Waals surface area contributed by atoms with Crippen LogP contribution in [0.25, 0.3) is 10.9 Å². The molecule has 0 saturated carbocycles. The Bertz CT molecular complexity index is 1360. The first-order chi connectivity index (χ1) is 15.2. The van der Waals surface area contributed by atoms with E-state index in [1.54, 1.807) is 30.3 Å². The maximum Gasteiger partial charge on any atom is 0.330 e. The molecule has 0 spiro atoms. The summed E-state index contributed by atoms with van der Waals surface area (Å²) in [7, 11) is -1.34. The second-order valence-electron chi connectivity index (χ2n) is 7.49. The van der Waals surface area contributed by atoms with Crippen LogP contribution in [-0.4, -0.2) is 30.0 Å². The van der Waals surface area contributed by atoms with Gasteiger partial charge < -0.3 is 5.32 Å². The van der Waals surface area contributed by atoms with Crippen LogP contribution in [0.3, 0.4) is 0 Å². The van der Waals surface area contributed by atoms with Gasteiger partial charge in [-0.3, -0.25) is 18.7 Å². The number of fused-ring (bicyclic) bond motifs is 1. The molecule has 0 saturated heterocycles. The standard InChI is InChI=1S/C22H26N4O5S/c1-4-5-13-23-20(27)19(15-9-7-6-8-10-15)24-32(30,31)16-11-12-18-17(14-16)21(28)26(3)22(29)25(18)2/h6-12,14,19,24H,4-5,13H2,1-3H3,(H,23,27). The molecule has 0 radical (unpaired) electrons. The Kier molecular flexibility index (Phi) is 6.95. The number of aryl methyl sites for hydroxylation is 1. The highest BCUT2D eigenvalue weighted by Gasteiger charge is 2.27. The molecule has 2 N–H and O–H groups in total. The van der Waals surface area contributed by atoms with Gasteiger partial charge >= 0.3 is 5.69 Å². The zero-order chi connectivity index (χ0) is 23.5. The summed E-state index contributed by atoms with van der Waals surface area (Å²) in [6.45, 7) is 2.42. The van der Waals surface area contributed by atoms with Crippen molar-refractivity contribution >= 4 is 26.8 Å². The SMILES string of the molecule is CCCCNC(=O)C(NS(=O)(=O)c1ccc2c(c1)c(=O)n(C)c(=O)n2C)c1ccccc1. The molecule has 32 heavy (non-hydrogen) atoms. The molecule has 1 amide bonds. The van der Waals surface area contributed by atoms with Gasteiger partial charge in [0.05, 0.1) is 15.8 Å². The fourth-order valence-corrected chi connectivity index (χ4v) is 4.58. The van der Waals surface area contributed by atoms with E-state index in [4.69, 9.17) is 0 Å². The number of nitrogens with one attached hydrogen (secondary N) is 2. The van der Waals surface area contributed by atoms with Gasteiger partial charge in [0.2, 0.25) is 15.9 Å². The number of hydrogen-bond acceptors (Lipinski definition) is 5. The molecular weight excluding hydrogens is 432 g/mol. The highest BCUT2D eigenvalue weighted by molar-refractivity contribution is 7.89. The minimum Gasteiger partial charge on any atom is -0.354 e. The quantitative estimate of drug-likeness (QED) is 0.491. The third-order valence-corrected chi connectivity index (χ3v) is 6.67. The summed E-state index contributed by atoms with van der Waals surface area (Å²) < 4.78 is 31.0. The lowest BCUT2D eigenvalue weighted by Gasteiger charge is -2.19. The second kappa shape index (κ2) is 9.49. The number of nitrogens with zero attached hydrogens (tertiary/aromatic N) is 2. The van der Waals surface area contributed by atoms with Crippen LogP contribution in [0.2, 0.25) is 0 Å². The monoisotopic (exact) mass is 458 g/mol. The molecule has 3 rings (SSSR count). The summed E-state index contributed by atoms with van der Waals surface area (Å²) in [5, 5.41) is 2.84. The van der Waals surface area contributed by atoms with Gasteiger partial charge in [-0.15, -0.1) is 0 Å². The van der Waals surface area contributed by atoms with E-state index in [9.17, 15) is 22.8 Å². The van der Waals surface area contributed by atoms with Crippen LogP contribution < -0.4 is 21.3 Å². The second-order valence-corrected chi connectivity index (χ2v) is 9.21. The van der Waals surface area contributed by atoms with Crippen molar-refractivity contribution in [3.8, 4) is 0 Å². The van der Waals surface area contributed by atoms with E-state index in [2.05, 4.69) is 10.0 Å². The van der Waals surface area contributed by atoms with Crippen molar-refractivity contribution in [2.45, 2.75) is 30.7 Å². The van der Waals surface area contributed by atoms with E-state index in [0.29, 0.717) is 17.6 Å². The summed E-state index contributed by atoms with van der Waals surface area (Å²) in [5.41, 5.74) is -0.306. The predicted molar refractivity (Wildman–Crippen MR) is 122 cm³/mol. The number of aromatic nitrogens is 2. The molecule has 1 aromatic heterocycles. The van der Waals surface area contributed by atoms with Gasteiger partial charge in [0.25, 0.3) is 5.56 Å². The van der Waals surface area contributed by atoms with Crippen molar-refractivity contribution in [2.24, 2.45) is 14.1 Å². The fraction of sp³-hybridized carbons (Fsp3) is 0.318. The molecule has 3 aromatic rings. The van der Waals surface area contributed by atoms with Crippen LogP contribution in [-0.2, 0) is 28.9 Å². The Morgan fingerprint density at radius 2 is 1.72 bits per heavy atom. The first-order valence-corrected chi connectivity index (χ1v) is 11.7. The third-order valence-electron chi connectivity index (χ3n) is 5.25. The van der Waals surface area contributed by atoms with Gasteiger partial charge in [0.1, 0.15) is 6.04 Å². The summed E-state index contributed by atoms with van der Waals surface area (Å²) in [4.78, 5) is 37.3. The lowest BCUT2D eigenvalue weighted by atomic mass is 10.1. The zero-order valence-electron chi connectivity index (χ0n) is 18.2. The summed E-state index contributed by atoms with van der Waals surface area (Å²) in [6, 6.07) is 11.3. The minimum absolute atomic E-state index is 0.0844.